The molecule has 0 rings (SSSR count). The molecular weight excluding hydrogens is 157 g/mol. The van der Waals surface area contributed by atoms with Crippen molar-refractivity contribution in [3.8, 4) is 11.8 Å². The fourth-order valence-electron chi connectivity index (χ4n) is 0.388. The average molecular weight is 165 g/mol. The number of rotatable bonds is 3. The van der Waals surface area contributed by atoms with Crippen LogP contribution in [0.25, 0.3) is 0 Å². The van der Waals surface area contributed by atoms with Gasteiger partial charge in [-0.15, -0.1) is 0 Å². The van der Waals surface area contributed by atoms with E-state index < -0.39 is 6.18 Å². The maximum absolute atomic E-state index is 11.3. The molecular formula is C7H8F3O. The van der Waals surface area contributed by atoms with E-state index in [0.29, 0.717) is 0 Å². The minimum atomic E-state index is -4.38. The zero-order chi connectivity index (χ0) is 8.74. The van der Waals surface area contributed by atoms with Gasteiger partial charge in [-0.25, -0.2) is 0 Å². The Balaban J connectivity index is 3.41. The van der Waals surface area contributed by atoms with Crippen LogP contribution in [0.1, 0.15) is 6.42 Å². The molecule has 1 nitrogen and oxygen atoms in total. The van der Waals surface area contributed by atoms with Gasteiger partial charge in [-0.1, -0.05) is 5.92 Å². The molecule has 0 aromatic rings. The molecule has 11 heavy (non-hydrogen) atoms. The van der Waals surface area contributed by atoms with E-state index >= 15 is 0 Å². The van der Waals surface area contributed by atoms with Crippen LogP contribution in [0.15, 0.2) is 0 Å². The molecule has 0 unspecified atom stereocenters. The van der Waals surface area contributed by atoms with E-state index in [9.17, 15) is 13.2 Å². The molecule has 4 heteroatoms. The zero-order valence-electron chi connectivity index (χ0n) is 5.87. The zero-order valence-corrected chi connectivity index (χ0v) is 5.87. The van der Waals surface area contributed by atoms with E-state index in [-0.39, 0.29) is 19.6 Å². The van der Waals surface area contributed by atoms with Crippen LogP contribution in [0, 0.1) is 18.8 Å². The fourth-order valence-corrected chi connectivity index (χ4v) is 0.388. The third-order valence-electron chi connectivity index (χ3n) is 0.746. The number of hydrogen-bond acceptors (Lipinski definition) is 1. The molecule has 0 aromatic heterocycles. The van der Waals surface area contributed by atoms with Crippen LogP contribution >= 0.6 is 0 Å². The van der Waals surface area contributed by atoms with Crippen LogP contribution in [0.2, 0.25) is 0 Å². The summed E-state index contributed by atoms with van der Waals surface area (Å²) in [6.07, 6.45) is -4.29. The molecule has 0 amide bonds. The highest BCUT2D eigenvalue weighted by atomic mass is 19.4. The first-order valence-electron chi connectivity index (χ1n) is 3.00. The van der Waals surface area contributed by atoms with E-state index in [1.165, 1.54) is 0 Å². The lowest BCUT2D eigenvalue weighted by Crippen LogP contribution is -2.01. The van der Waals surface area contributed by atoms with Crippen molar-refractivity contribution in [3.05, 3.63) is 6.92 Å². The monoisotopic (exact) mass is 165 g/mol. The molecule has 63 valence electrons. The summed E-state index contributed by atoms with van der Waals surface area (Å²) in [7, 11) is 0. The normalized spacial score (nSPS) is 10.5. The van der Waals surface area contributed by atoms with E-state index in [1.54, 1.807) is 0 Å². The second kappa shape index (κ2) is 5.03. The van der Waals surface area contributed by atoms with Crippen LogP contribution < -0.4 is 0 Å². The first-order chi connectivity index (χ1) is 5.06. The molecule has 0 aliphatic heterocycles. The SMILES string of the molecule is [CH2]COCCC#CC(F)(F)F. The number of alkyl halides is 3. The first kappa shape index (κ1) is 10.3. The van der Waals surface area contributed by atoms with Gasteiger partial charge >= 0.3 is 6.18 Å². The standard InChI is InChI=1S/C7H8F3O/c1-2-11-6-4-3-5-7(8,9)10/h1-2,4,6H2. The van der Waals surface area contributed by atoms with Gasteiger partial charge in [0.25, 0.3) is 0 Å². The highest BCUT2D eigenvalue weighted by Crippen LogP contribution is 2.11. The van der Waals surface area contributed by atoms with E-state index in [1.807, 2.05) is 5.92 Å². The molecule has 0 aliphatic carbocycles. The molecule has 0 saturated heterocycles. The maximum Gasteiger partial charge on any atom is 0.457 e. The van der Waals surface area contributed by atoms with Crippen molar-refractivity contribution in [3.63, 3.8) is 0 Å². The lowest BCUT2D eigenvalue weighted by Gasteiger charge is -1.94. The predicted molar refractivity (Wildman–Crippen MR) is 34.6 cm³/mol. The molecule has 0 spiro atoms. The van der Waals surface area contributed by atoms with Gasteiger partial charge in [-0.3, -0.25) is 0 Å². The summed E-state index contributed by atoms with van der Waals surface area (Å²) in [6.45, 7) is 3.80. The molecule has 0 heterocycles. The summed E-state index contributed by atoms with van der Waals surface area (Å²) in [5.74, 6) is 3.06. The summed E-state index contributed by atoms with van der Waals surface area (Å²) in [6, 6.07) is 0. The molecule has 0 fully saturated rings. The van der Waals surface area contributed by atoms with Gasteiger partial charge in [0.15, 0.2) is 0 Å². The Morgan fingerprint density at radius 2 is 2.00 bits per heavy atom. The Hall–Kier alpha value is -0.690. The van der Waals surface area contributed by atoms with Crippen molar-refractivity contribution in [1.29, 1.82) is 0 Å². The summed E-state index contributed by atoms with van der Waals surface area (Å²) in [5, 5.41) is 0. The molecule has 0 saturated carbocycles. The van der Waals surface area contributed by atoms with Crippen molar-refractivity contribution in [2.75, 3.05) is 13.2 Å². The molecule has 0 atom stereocenters. The Labute approximate surface area is 63.5 Å². The summed E-state index contributed by atoms with van der Waals surface area (Å²) < 4.78 is 38.7. The topological polar surface area (TPSA) is 9.23 Å². The minimum Gasteiger partial charge on any atom is -0.380 e. The van der Waals surface area contributed by atoms with Gasteiger partial charge in [0.2, 0.25) is 0 Å². The third kappa shape index (κ3) is 9.31. The lowest BCUT2D eigenvalue weighted by molar-refractivity contribution is -0.0697. The molecule has 0 aromatic carbocycles. The predicted octanol–water partition coefficient (Wildman–Crippen LogP) is 1.79. The van der Waals surface area contributed by atoms with Gasteiger partial charge < -0.3 is 4.74 Å². The van der Waals surface area contributed by atoms with Crippen LogP contribution in [-0.4, -0.2) is 19.4 Å². The van der Waals surface area contributed by atoms with Gasteiger partial charge in [-0.2, -0.15) is 13.2 Å². The van der Waals surface area contributed by atoms with Crippen molar-refractivity contribution in [1.82, 2.24) is 0 Å². The quantitative estimate of drug-likeness (QED) is 0.457. The molecule has 0 bridgehead atoms. The number of hydrogen-bond donors (Lipinski definition) is 0. The second-order valence-electron chi connectivity index (χ2n) is 1.66. The maximum atomic E-state index is 11.3. The largest absolute Gasteiger partial charge is 0.457 e. The highest BCUT2D eigenvalue weighted by molar-refractivity contribution is 5.04. The number of halogens is 3. The van der Waals surface area contributed by atoms with E-state index in [2.05, 4.69) is 11.7 Å². The van der Waals surface area contributed by atoms with Crippen LogP contribution in [0.5, 0.6) is 0 Å². The van der Waals surface area contributed by atoms with Gasteiger partial charge in [0.05, 0.1) is 6.61 Å². The smallest absolute Gasteiger partial charge is 0.380 e. The third-order valence-corrected chi connectivity index (χ3v) is 0.746. The Morgan fingerprint density at radius 1 is 1.36 bits per heavy atom. The fraction of sp³-hybridized carbons (Fsp3) is 0.571. The molecule has 0 N–H and O–H groups in total. The van der Waals surface area contributed by atoms with Crippen molar-refractivity contribution < 1.29 is 17.9 Å². The van der Waals surface area contributed by atoms with Crippen LogP contribution in [-0.2, 0) is 4.74 Å². The highest BCUT2D eigenvalue weighted by Gasteiger charge is 2.22. The lowest BCUT2D eigenvalue weighted by atomic mass is 10.4. The van der Waals surface area contributed by atoms with Crippen molar-refractivity contribution in [2.45, 2.75) is 12.6 Å². The Kier molecular flexibility index (Phi) is 4.71. The first-order valence-corrected chi connectivity index (χ1v) is 3.00. The van der Waals surface area contributed by atoms with Crippen molar-refractivity contribution in [2.24, 2.45) is 0 Å². The van der Waals surface area contributed by atoms with E-state index in [4.69, 9.17) is 0 Å². The van der Waals surface area contributed by atoms with Crippen LogP contribution in [0.3, 0.4) is 0 Å². The number of ether oxygens (including phenoxy) is 1. The second-order valence-corrected chi connectivity index (χ2v) is 1.66. The summed E-state index contributed by atoms with van der Waals surface area (Å²) >= 11 is 0. The van der Waals surface area contributed by atoms with Gasteiger partial charge in [-0.05, 0) is 6.92 Å². The summed E-state index contributed by atoms with van der Waals surface area (Å²) in [5.41, 5.74) is 0. The van der Waals surface area contributed by atoms with E-state index in [0.717, 1.165) is 5.92 Å². The van der Waals surface area contributed by atoms with Crippen LogP contribution in [0.4, 0.5) is 13.2 Å². The van der Waals surface area contributed by atoms with Gasteiger partial charge in [0, 0.05) is 18.9 Å². The Morgan fingerprint density at radius 3 is 2.45 bits per heavy atom. The van der Waals surface area contributed by atoms with Crippen molar-refractivity contribution >= 4 is 0 Å². The average Bonchev–Trinajstić information content (AvgIpc) is 1.85. The minimum absolute atomic E-state index is 0.0923. The van der Waals surface area contributed by atoms with Gasteiger partial charge in [0.1, 0.15) is 0 Å². The molecule has 0 aliphatic rings. The molecule has 1 radical (unpaired) electrons. The Bertz CT molecular complexity index is 151. The summed E-state index contributed by atoms with van der Waals surface area (Å²) in [4.78, 5) is 0.